The number of urea groups is 1. The first kappa shape index (κ1) is 21.9. The lowest BCUT2D eigenvalue weighted by Crippen LogP contribution is -2.40. The van der Waals surface area contributed by atoms with Crippen molar-refractivity contribution in [2.45, 2.75) is 31.2 Å². The number of halogens is 1. The fraction of sp³-hybridized carbons (Fsp3) is 0.400. The fourth-order valence-corrected chi connectivity index (χ4v) is 3.68. The minimum atomic E-state index is -3.98. The Morgan fingerprint density at radius 2 is 1.81 bits per heavy atom. The number of carbonyl (C=O) groups excluding carboxylic acids is 3. The molecule has 0 radical (unpaired) electrons. The second-order valence-electron chi connectivity index (χ2n) is 6.20. The highest BCUT2D eigenvalue weighted by Gasteiger charge is 2.25. The summed E-state index contributed by atoms with van der Waals surface area (Å²) in [6.07, 6.45) is 0. The molecule has 0 unspecified atom stereocenters. The highest BCUT2D eigenvalue weighted by molar-refractivity contribution is 7.89. The number of sulfonamides is 1. The van der Waals surface area contributed by atoms with Crippen LogP contribution in [-0.2, 0) is 19.6 Å². The van der Waals surface area contributed by atoms with Crippen LogP contribution in [0, 0.1) is 0 Å². The molecule has 0 saturated heterocycles. The Bertz CT molecular complexity index is 817. The predicted octanol–water partition coefficient (Wildman–Crippen LogP) is 1.03. The maximum atomic E-state index is 12.4. The normalized spacial score (nSPS) is 11.6. The zero-order valence-electron chi connectivity index (χ0n) is 14.7. The van der Waals surface area contributed by atoms with Crippen molar-refractivity contribution in [2.24, 2.45) is 0 Å². The van der Waals surface area contributed by atoms with E-state index in [9.17, 15) is 22.8 Å². The number of hydrogen-bond donors (Lipinski definition) is 3. The minimum Gasteiger partial charge on any atom is -0.452 e. The van der Waals surface area contributed by atoms with Crippen LogP contribution in [0.1, 0.15) is 31.1 Å². The Morgan fingerprint density at radius 1 is 1.19 bits per heavy atom. The molecule has 1 rings (SSSR count). The molecule has 0 aliphatic carbocycles. The first-order valence-corrected chi connectivity index (χ1v) is 9.24. The van der Waals surface area contributed by atoms with E-state index >= 15 is 0 Å². The maximum Gasteiger partial charge on any atom is 0.338 e. The van der Waals surface area contributed by atoms with Gasteiger partial charge in [0.15, 0.2) is 6.61 Å². The number of hydrogen-bond acceptors (Lipinski definition) is 6. The Morgan fingerprint density at radius 3 is 2.35 bits per heavy atom. The standard InChI is InChI=1S/C15H20ClN3O6S/c1-15(2,3)19-26(23,24)11-7-9(5-6-10(11)16)13(21)25-8-12(20)18-14(22)17-4/h5-7,19H,8H2,1-4H3,(H2,17,18,20,22). The SMILES string of the molecule is CNC(=O)NC(=O)COC(=O)c1ccc(Cl)c(S(=O)(=O)NC(C)(C)C)c1. The van der Waals surface area contributed by atoms with E-state index in [-0.39, 0.29) is 15.5 Å². The first-order chi connectivity index (χ1) is 11.9. The molecule has 0 aliphatic rings. The average molecular weight is 406 g/mol. The summed E-state index contributed by atoms with van der Waals surface area (Å²) in [6.45, 7) is 4.25. The topological polar surface area (TPSA) is 131 Å². The third kappa shape index (κ3) is 6.62. The van der Waals surface area contributed by atoms with E-state index in [2.05, 4.69) is 10.0 Å². The Labute approximate surface area is 156 Å². The van der Waals surface area contributed by atoms with E-state index in [0.29, 0.717) is 0 Å². The van der Waals surface area contributed by atoms with Crippen molar-refractivity contribution in [2.75, 3.05) is 13.7 Å². The van der Waals surface area contributed by atoms with Gasteiger partial charge in [-0.15, -0.1) is 0 Å². The van der Waals surface area contributed by atoms with Crippen LogP contribution in [0.5, 0.6) is 0 Å². The van der Waals surface area contributed by atoms with E-state index < -0.39 is 40.1 Å². The van der Waals surface area contributed by atoms with Gasteiger partial charge in [0.2, 0.25) is 10.0 Å². The Kier molecular flexibility index (Phi) is 7.13. The molecule has 0 aliphatic heterocycles. The summed E-state index contributed by atoms with van der Waals surface area (Å²) < 4.78 is 32.0. The molecule has 144 valence electrons. The fourth-order valence-electron chi connectivity index (χ4n) is 1.73. The number of rotatable bonds is 5. The van der Waals surface area contributed by atoms with Crippen LogP contribution in [0.2, 0.25) is 5.02 Å². The highest BCUT2D eigenvalue weighted by atomic mass is 35.5. The van der Waals surface area contributed by atoms with E-state index in [1.165, 1.54) is 19.2 Å². The molecule has 3 N–H and O–H groups in total. The molecular formula is C15H20ClN3O6S. The van der Waals surface area contributed by atoms with Crippen LogP contribution < -0.4 is 15.4 Å². The summed E-state index contributed by atoms with van der Waals surface area (Å²) in [6, 6.07) is 2.80. The largest absolute Gasteiger partial charge is 0.452 e. The van der Waals surface area contributed by atoms with Crippen LogP contribution in [0.25, 0.3) is 0 Å². The first-order valence-electron chi connectivity index (χ1n) is 7.38. The van der Waals surface area contributed by atoms with Gasteiger partial charge >= 0.3 is 12.0 Å². The van der Waals surface area contributed by atoms with Crippen LogP contribution in [-0.4, -0.2) is 45.5 Å². The molecule has 11 heteroatoms. The van der Waals surface area contributed by atoms with Gasteiger partial charge in [0.1, 0.15) is 4.90 Å². The van der Waals surface area contributed by atoms with Gasteiger partial charge in [-0.1, -0.05) is 11.6 Å². The molecule has 3 amide bonds. The van der Waals surface area contributed by atoms with E-state index in [4.69, 9.17) is 16.3 Å². The van der Waals surface area contributed by atoms with Gasteiger partial charge in [0.05, 0.1) is 10.6 Å². The lowest BCUT2D eigenvalue weighted by atomic mass is 10.1. The molecule has 0 aromatic heterocycles. The van der Waals surface area contributed by atoms with Gasteiger partial charge in [-0.2, -0.15) is 0 Å². The summed E-state index contributed by atoms with van der Waals surface area (Å²) in [5.74, 6) is -1.78. The molecular weight excluding hydrogens is 386 g/mol. The number of benzene rings is 1. The predicted molar refractivity (Wildman–Crippen MR) is 94.4 cm³/mol. The number of nitrogens with one attached hydrogen (secondary N) is 3. The number of amides is 3. The summed E-state index contributed by atoms with van der Waals surface area (Å²) in [4.78, 5) is 34.1. The van der Waals surface area contributed by atoms with Crippen molar-refractivity contribution >= 4 is 39.5 Å². The van der Waals surface area contributed by atoms with Crippen molar-refractivity contribution in [1.29, 1.82) is 0 Å². The van der Waals surface area contributed by atoms with Gasteiger partial charge in [0.25, 0.3) is 5.91 Å². The summed E-state index contributed by atoms with van der Waals surface area (Å²) in [5, 5.41) is 4.00. The number of esters is 1. The van der Waals surface area contributed by atoms with Gasteiger partial charge in [0, 0.05) is 12.6 Å². The maximum absolute atomic E-state index is 12.4. The molecule has 0 saturated carbocycles. The summed E-state index contributed by atoms with van der Waals surface area (Å²) in [7, 11) is -2.66. The smallest absolute Gasteiger partial charge is 0.338 e. The Hall–Kier alpha value is -2.17. The van der Waals surface area contributed by atoms with Crippen LogP contribution in [0.3, 0.4) is 0 Å². The van der Waals surface area contributed by atoms with E-state index in [1.54, 1.807) is 20.8 Å². The third-order valence-electron chi connectivity index (χ3n) is 2.71. The van der Waals surface area contributed by atoms with Crippen molar-refractivity contribution < 1.29 is 27.5 Å². The molecule has 9 nitrogen and oxygen atoms in total. The lowest BCUT2D eigenvalue weighted by Gasteiger charge is -2.21. The number of carbonyl (C=O) groups is 3. The zero-order valence-corrected chi connectivity index (χ0v) is 16.2. The molecule has 0 fully saturated rings. The molecule has 0 atom stereocenters. The molecule has 1 aromatic carbocycles. The second-order valence-corrected chi connectivity index (χ2v) is 8.26. The van der Waals surface area contributed by atoms with Gasteiger partial charge < -0.3 is 10.1 Å². The Balaban J connectivity index is 2.94. The minimum absolute atomic E-state index is 0.0735. The van der Waals surface area contributed by atoms with Gasteiger partial charge in [-0.3, -0.25) is 10.1 Å². The van der Waals surface area contributed by atoms with Crippen LogP contribution in [0.4, 0.5) is 4.79 Å². The summed E-state index contributed by atoms with van der Waals surface area (Å²) >= 11 is 5.94. The van der Waals surface area contributed by atoms with Crippen molar-refractivity contribution in [1.82, 2.24) is 15.4 Å². The quantitative estimate of drug-likeness (QED) is 0.627. The van der Waals surface area contributed by atoms with Gasteiger partial charge in [-0.05, 0) is 39.0 Å². The molecule has 26 heavy (non-hydrogen) atoms. The molecule has 0 heterocycles. The average Bonchev–Trinajstić information content (AvgIpc) is 2.50. The van der Waals surface area contributed by atoms with E-state index in [1.807, 2.05) is 5.32 Å². The zero-order chi connectivity index (χ0) is 20.1. The number of ether oxygens (including phenoxy) is 1. The molecule has 0 bridgehead atoms. The van der Waals surface area contributed by atoms with Crippen molar-refractivity contribution in [3.8, 4) is 0 Å². The highest BCUT2D eigenvalue weighted by Crippen LogP contribution is 2.24. The van der Waals surface area contributed by atoms with Crippen LogP contribution >= 0.6 is 11.6 Å². The van der Waals surface area contributed by atoms with Crippen molar-refractivity contribution in [3.63, 3.8) is 0 Å². The third-order valence-corrected chi connectivity index (χ3v) is 4.95. The second kappa shape index (κ2) is 8.47. The van der Waals surface area contributed by atoms with E-state index in [0.717, 1.165) is 6.07 Å². The monoisotopic (exact) mass is 405 g/mol. The number of imide groups is 1. The summed E-state index contributed by atoms with van der Waals surface area (Å²) in [5.41, 5.74) is -0.868. The van der Waals surface area contributed by atoms with Crippen molar-refractivity contribution in [3.05, 3.63) is 28.8 Å². The van der Waals surface area contributed by atoms with Crippen LogP contribution in [0.15, 0.2) is 23.1 Å². The van der Waals surface area contributed by atoms with Gasteiger partial charge in [-0.25, -0.2) is 22.7 Å². The molecule has 1 aromatic rings. The molecule has 0 spiro atoms. The lowest BCUT2D eigenvalue weighted by molar-refractivity contribution is -0.123.